The highest BCUT2D eigenvalue weighted by molar-refractivity contribution is 7.91. The Hall–Kier alpha value is -2.65. The molecule has 0 heterocycles. The molecule has 0 bridgehead atoms. The van der Waals surface area contributed by atoms with E-state index < -0.39 is 26.4 Å². The van der Waals surface area contributed by atoms with Crippen LogP contribution in [0.2, 0.25) is 5.02 Å². The number of nitro groups is 1. The standard InChI is InChI=1S/C16H15ClN2O6S/c17-12-1-4-14(5-2-12)26(24,25)8-7-16(21)18-10-11-9-13(19(22)23)3-6-15(11)20/h1-6,9,20H,7-8,10H2,(H,18,21). The topological polar surface area (TPSA) is 127 Å². The van der Waals surface area contributed by atoms with E-state index in [1.54, 1.807) is 0 Å². The van der Waals surface area contributed by atoms with Crippen LogP contribution in [0.1, 0.15) is 12.0 Å². The SMILES string of the molecule is O=C(CCS(=O)(=O)c1ccc(Cl)cc1)NCc1cc([N+](=O)[O-])ccc1O. The zero-order valence-corrected chi connectivity index (χ0v) is 15.0. The minimum Gasteiger partial charge on any atom is -0.508 e. The van der Waals surface area contributed by atoms with Crippen LogP contribution in [-0.4, -0.2) is 30.1 Å². The maximum absolute atomic E-state index is 12.2. The molecule has 0 aliphatic heterocycles. The summed E-state index contributed by atoms with van der Waals surface area (Å²) in [5.74, 6) is -1.17. The number of hydrogen-bond donors (Lipinski definition) is 2. The van der Waals surface area contributed by atoms with E-state index in [0.717, 1.165) is 18.2 Å². The molecule has 2 aromatic rings. The third-order valence-electron chi connectivity index (χ3n) is 3.52. The Morgan fingerprint density at radius 2 is 1.85 bits per heavy atom. The minimum absolute atomic E-state index is 0.0611. The van der Waals surface area contributed by atoms with Crippen LogP contribution in [0.3, 0.4) is 0 Å². The summed E-state index contributed by atoms with van der Waals surface area (Å²) < 4.78 is 24.3. The molecular formula is C16H15ClN2O6S. The first-order valence-electron chi connectivity index (χ1n) is 7.40. The van der Waals surface area contributed by atoms with Gasteiger partial charge in [-0.3, -0.25) is 14.9 Å². The minimum atomic E-state index is -3.64. The number of benzene rings is 2. The van der Waals surface area contributed by atoms with E-state index in [1.165, 1.54) is 24.3 Å². The van der Waals surface area contributed by atoms with Crippen LogP contribution in [0.4, 0.5) is 5.69 Å². The molecule has 10 heteroatoms. The Labute approximate surface area is 154 Å². The Balaban J connectivity index is 1.94. The summed E-state index contributed by atoms with van der Waals surface area (Å²) in [5, 5.41) is 23.2. The van der Waals surface area contributed by atoms with Crippen molar-refractivity contribution < 1.29 is 23.2 Å². The van der Waals surface area contributed by atoms with Crippen molar-refractivity contribution in [2.75, 3.05) is 5.75 Å². The van der Waals surface area contributed by atoms with Gasteiger partial charge in [-0.25, -0.2) is 8.42 Å². The number of sulfone groups is 1. The number of non-ortho nitro benzene ring substituents is 1. The second kappa shape index (κ2) is 8.15. The van der Waals surface area contributed by atoms with Crippen LogP contribution in [0, 0.1) is 10.1 Å². The fourth-order valence-corrected chi connectivity index (χ4v) is 3.46. The lowest BCUT2D eigenvalue weighted by Gasteiger charge is -2.08. The Kier molecular flexibility index (Phi) is 6.17. The first kappa shape index (κ1) is 19.7. The fourth-order valence-electron chi connectivity index (χ4n) is 2.10. The van der Waals surface area contributed by atoms with E-state index in [2.05, 4.69) is 5.32 Å². The van der Waals surface area contributed by atoms with Gasteiger partial charge in [0, 0.05) is 35.7 Å². The van der Waals surface area contributed by atoms with Crippen molar-refractivity contribution in [3.05, 3.63) is 63.2 Å². The summed E-state index contributed by atoms with van der Waals surface area (Å²) in [6.07, 6.45) is -0.291. The van der Waals surface area contributed by atoms with E-state index in [9.17, 15) is 28.4 Å². The maximum Gasteiger partial charge on any atom is 0.270 e. The van der Waals surface area contributed by atoms with E-state index >= 15 is 0 Å². The molecule has 0 radical (unpaired) electrons. The van der Waals surface area contributed by atoms with Gasteiger partial charge in [0.1, 0.15) is 5.75 Å². The molecule has 1 amide bonds. The van der Waals surface area contributed by atoms with E-state index in [0.29, 0.717) is 5.02 Å². The van der Waals surface area contributed by atoms with Gasteiger partial charge in [-0.2, -0.15) is 0 Å². The lowest BCUT2D eigenvalue weighted by Crippen LogP contribution is -2.25. The number of phenols is 1. The van der Waals surface area contributed by atoms with Gasteiger partial charge in [-0.05, 0) is 30.3 Å². The molecule has 2 N–H and O–H groups in total. The molecule has 0 fully saturated rings. The van der Waals surface area contributed by atoms with Crippen LogP contribution in [0.5, 0.6) is 5.75 Å². The largest absolute Gasteiger partial charge is 0.508 e. The van der Waals surface area contributed by atoms with Gasteiger partial charge in [0.15, 0.2) is 9.84 Å². The number of halogens is 1. The lowest BCUT2D eigenvalue weighted by atomic mass is 10.1. The first-order valence-corrected chi connectivity index (χ1v) is 9.43. The Morgan fingerprint density at radius 1 is 1.19 bits per heavy atom. The molecule has 0 aliphatic carbocycles. The van der Waals surface area contributed by atoms with Gasteiger partial charge in [0.05, 0.1) is 15.6 Å². The van der Waals surface area contributed by atoms with Gasteiger partial charge in [0.25, 0.3) is 5.69 Å². The van der Waals surface area contributed by atoms with Crippen LogP contribution in [0.25, 0.3) is 0 Å². The average Bonchev–Trinajstić information content (AvgIpc) is 2.59. The molecule has 138 valence electrons. The molecule has 0 aromatic heterocycles. The number of aromatic hydroxyl groups is 1. The Bertz CT molecular complexity index is 928. The summed E-state index contributed by atoms with van der Waals surface area (Å²) in [6.45, 7) is -0.159. The van der Waals surface area contributed by atoms with Crippen LogP contribution in [-0.2, 0) is 21.2 Å². The molecule has 0 unspecified atom stereocenters. The monoisotopic (exact) mass is 398 g/mol. The molecule has 0 saturated carbocycles. The summed E-state index contributed by atoms with van der Waals surface area (Å²) >= 11 is 5.71. The maximum atomic E-state index is 12.2. The van der Waals surface area contributed by atoms with Crippen LogP contribution < -0.4 is 5.32 Å². The third kappa shape index (κ3) is 5.17. The van der Waals surface area contributed by atoms with E-state index in [1.807, 2.05) is 0 Å². The van der Waals surface area contributed by atoms with Crippen molar-refractivity contribution in [1.82, 2.24) is 5.32 Å². The summed E-state index contributed by atoms with van der Waals surface area (Å²) in [7, 11) is -3.64. The van der Waals surface area contributed by atoms with Crippen molar-refractivity contribution in [3.8, 4) is 5.75 Å². The van der Waals surface area contributed by atoms with Gasteiger partial charge >= 0.3 is 0 Å². The van der Waals surface area contributed by atoms with E-state index in [4.69, 9.17) is 11.6 Å². The summed E-state index contributed by atoms with van der Waals surface area (Å²) in [5.41, 5.74) is -0.0644. The zero-order valence-electron chi connectivity index (χ0n) is 13.4. The quantitative estimate of drug-likeness (QED) is 0.544. The highest BCUT2D eigenvalue weighted by atomic mass is 35.5. The summed E-state index contributed by atoms with van der Waals surface area (Å²) in [6, 6.07) is 9.04. The molecule has 2 rings (SSSR count). The van der Waals surface area contributed by atoms with Crippen molar-refractivity contribution in [2.24, 2.45) is 0 Å². The smallest absolute Gasteiger partial charge is 0.270 e. The number of hydrogen-bond acceptors (Lipinski definition) is 6. The number of amides is 1. The number of phenolic OH excluding ortho intramolecular Hbond substituents is 1. The first-order chi connectivity index (χ1) is 12.2. The molecule has 2 aromatic carbocycles. The fraction of sp³-hybridized carbons (Fsp3) is 0.188. The van der Waals surface area contributed by atoms with Crippen molar-refractivity contribution in [3.63, 3.8) is 0 Å². The van der Waals surface area contributed by atoms with E-state index in [-0.39, 0.29) is 34.9 Å². The second-order valence-electron chi connectivity index (χ2n) is 5.37. The van der Waals surface area contributed by atoms with Gasteiger partial charge in [-0.1, -0.05) is 11.6 Å². The Morgan fingerprint density at radius 3 is 2.46 bits per heavy atom. The number of nitro benzene ring substituents is 1. The van der Waals surface area contributed by atoms with Crippen LogP contribution >= 0.6 is 11.6 Å². The van der Waals surface area contributed by atoms with Crippen molar-refractivity contribution in [1.29, 1.82) is 0 Å². The number of carbonyl (C=O) groups excluding carboxylic acids is 1. The summed E-state index contributed by atoms with van der Waals surface area (Å²) in [4.78, 5) is 22.0. The molecule has 0 aliphatic rings. The van der Waals surface area contributed by atoms with Crippen molar-refractivity contribution in [2.45, 2.75) is 17.9 Å². The second-order valence-corrected chi connectivity index (χ2v) is 7.92. The average molecular weight is 399 g/mol. The highest BCUT2D eigenvalue weighted by Gasteiger charge is 2.17. The molecule has 0 atom stereocenters. The zero-order chi connectivity index (χ0) is 19.3. The number of nitrogens with zero attached hydrogens (tertiary/aromatic N) is 1. The normalized spacial score (nSPS) is 11.1. The molecular weight excluding hydrogens is 384 g/mol. The molecule has 26 heavy (non-hydrogen) atoms. The molecule has 8 nitrogen and oxygen atoms in total. The van der Waals surface area contributed by atoms with Gasteiger partial charge in [-0.15, -0.1) is 0 Å². The highest BCUT2D eigenvalue weighted by Crippen LogP contribution is 2.22. The van der Waals surface area contributed by atoms with Crippen LogP contribution in [0.15, 0.2) is 47.4 Å². The number of rotatable bonds is 7. The lowest BCUT2D eigenvalue weighted by molar-refractivity contribution is -0.384. The number of carbonyl (C=O) groups is 1. The van der Waals surface area contributed by atoms with Gasteiger partial charge in [0.2, 0.25) is 5.91 Å². The van der Waals surface area contributed by atoms with Crippen molar-refractivity contribution >= 4 is 33.0 Å². The predicted octanol–water partition coefficient (Wildman–Crippen LogP) is 2.43. The third-order valence-corrected chi connectivity index (χ3v) is 5.50. The number of nitrogens with one attached hydrogen (secondary N) is 1. The predicted molar refractivity (Wildman–Crippen MR) is 94.7 cm³/mol. The molecule has 0 spiro atoms. The van der Waals surface area contributed by atoms with Gasteiger partial charge < -0.3 is 10.4 Å². The molecule has 0 saturated heterocycles.